The lowest BCUT2D eigenvalue weighted by Crippen LogP contribution is -2.09. The molecule has 1 N–H and O–H groups in total. The molecular weight excluding hydrogens is 306 g/mol. The van der Waals surface area contributed by atoms with E-state index in [1.807, 2.05) is 31.3 Å². The molecule has 21 heavy (non-hydrogen) atoms. The van der Waals surface area contributed by atoms with Crippen LogP contribution in [0.25, 0.3) is 20.7 Å². The Balaban J connectivity index is 2.12. The second kappa shape index (κ2) is 5.16. The Morgan fingerprint density at radius 3 is 2.86 bits per heavy atom. The number of anilines is 1. The van der Waals surface area contributed by atoms with Crippen molar-refractivity contribution in [2.45, 2.75) is 13.8 Å². The van der Waals surface area contributed by atoms with E-state index < -0.39 is 0 Å². The summed E-state index contributed by atoms with van der Waals surface area (Å²) < 4.78 is 2.85. The number of hydrogen-bond acceptors (Lipinski definition) is 3. The Morgan fingerprint density at radius 1 is 1.38 bits per heavy atom. The van der Waals surface area contributed by atoms with Gasteiger partial charge in [-0.25, -0.2) is 0 Å². The molecule has 2 aromatic heterocycles. The lowest BCUT2D eigenvalue weighted by molar-refractivity contribution is -0.114. The summed E-state index contributed by atoms with van der Waals surface area (Å²) in [6.07, 6.45) is 0. The highest BCUT2D eigenvalue weighted by Crippen LogP contribution is 2.39. The topological polar surface area (TPSA) is 46.9 Å². The van der Waals surface area contributed by atoms with E-state index in [2.05, 4.69) is 17.3 Å². The van der Waals surface area contributed by atoms with Gasteiger partial charge in [-0.2, -0.15) is 5.10 Å². The third-order valence-electron chi connectivity index (χ3n) is 3.31. The van der Waals surface area contributed by atoms with Gasteiger partial charge in [0, 0.05) is 29.8 Å². The number of halogens is 1. The fourth-order valence-electron chi connectivity index (χ4n) is 2.31. The molecule has 3 aromatic rings. The largest absolute Gasteiger partial charge is 0.311 e. The van der Waals surface area contributed by atoms with Gasteiger partial charge in [-0.3, -0.25) is 9.48 Å². The van der Waals surface area contributed by atoms with Crippen LogP contribution in [0.4, 0.5) is 5.82 Å². The first-order chi connectivity index (χ1) is 9.95. The van der Waals surface area contributed by atoms with Crippen LogP contribution in [0.2, 0.25) is 5.02 Å². The summed E-state index contributed by atoms with van der Waals surface area (Å²) >= 11 is 7.75. The fourth-order valence-corrected chi connectivity index (χ4v) is 3.63. The SMILES string of the molecule is CC(=O)Nc1cc(-c2sc3ccc(Cl)cc3c2C)nn1C. The van der Waals surface area contributed by atoms with Crippen molar-refractivity contribution < 1.29 is 4.79 Å². The molecular formula is C15H14ClN3OS. The van der Waals surface area contributed by atoms with Crippen molar-refractivity contribution in [1.82, 2.24) is 9.78 Å². The van der Waals surface area contributed by atoms with Crippen molar-refractivity contribution in [2.75, 3.05) is 5.32 Å². The van der Waals surface area contributed by atoms with Gasteiger partial charge in [-0.1, -0.05) is 11.6 Å². The lowest BCUT2D eigenvalue weighted by atomic mass is 10.1. The van der Waals surface area contributed by atoms with Crippen LogP contribution < -0.4 is 5.32 Å². The van der Waals surface area contributed by atoms with Crippen molar-refractivity contribution in [2.24, 2.45) is 7.05 Å². The average Bonchev–Trinajstić information content (AvgIpc) is 2.91. The molecule has 0 atom stereocenters. The quantitative estimate of drug-likeness (QED) is 0.768. The Kier molecular flexibility index (Phi) is 3.47. The van der Waals surface area contributed by atoms with Gasteiger partial charge in [-0.15, -0.1) is 11.3 Å². The predicted octanol–water partition coefficient (Wildman–Crippen LogP) is 4.22. The molecule has 2 heterocycles. The number of fused-ring (bicyclic) bond motifs is 1. The second-order valence-electron chi connectivity index (χ2n) is 4.92. The fraction of sp³-hybridized carbons (Fsp3) is 0.200. The van der Waals surface area contributed by atoms with E-state index in [9.17, 15) is 4.79 Å². The van der Waals surface area contributed by atoms with E-state index in [1.165, 1.54) is 11.6 Å². The molecule has 3 rings (SSSR count). The number of amides is 1. The molecule has 0 aliphatic carbocycles. The number of aromatic nitrogens is 2. The summed E-state index contributed by atoms with van der Waals surface area (Å²) in [6, 6.07) is 7.78. The van der Waals surface area contributed by atoms with Gasteiger partial charge in [0.1, 0.15) is 11.5 Å². The maximum absolute atomic E-state index is 11.2. The minimum atomic E-state index is -0.107. The first kappa shape index (κ1) is 14.1. The smallest absolute Gasteiger partial charge is 0.222 e. The number of hydrogen-bond donors (Lipinski definition) is 1. The Morgan fingerprint density at radius 2 is 2.14 bits per heavy atom. The zero-order valence-corrected chi connectivity index (χ0v) is 13.5. The number of thiophene rings is 1. The van der Waals surface area contributed by atoms with E-state index >= 15 is 0 Å². The van der Waals surface area contributed by atoms with E-state index in [-0.39, 0.29) is 5.91 Å². The van der Waals surface area contributed by atoms with Crippen LogP contribution in [0, 0.1) is 6.92 Å². The average molecular weight is 320 g/mol. The number of carbonyl (C=O) groups is 1. The summed E-state index contributed by atoms with van der Waals surface area (Å²) in [5, 5.41) is 9.14. The van der Waals surface area contributed by atoms with Crippen molar-refractivity contribution in [3.05, 3.63) is 34.9 Å². The van der Waals surface area contributed by atoms with Crippen LogP contribution >= 0.6 is 22.9 Å². The van der Waals surface area contributed by atoms with Gasteiger partial charge in [0.05, 0.1) is 4.88 Å². The summed E-state index contributed by atoms with van der Waals surface area (Å²) in [4.78, 5) is 12.3. The number of nitrogens with one attached hydrogen (secondary N) is 1. The maximum Gasteiger partial charge on any atom is 0.222 e. The lowest BCUT2D eigenvalue weighted by Gasteiger charge is -1.99. The molecule has 0 aliphatic heterocycles. The third kappa shape index (κ3) is 2.54. The summed E-state index contributed by atoms with van der Waals surface area (Å²) in [7, 11) is 1.81. The summed E-state index contributed by atoms with van der Waals surface area (Å²) in [5.41, 5.74) is 2.01. The zero-order chi connectivity index (χ0) is 15.1. The number of carbonyl (C=O) groups excluding carboxylic acids is 1. The second-order valence-corrected chi connectivity index (χ2v) is 6.40. The normalized spacial score (nSPS) is 11.0. The molecule has 0 saturated heterocycles. The monoisotopic (exact) mass is 319 g/mol. The molecule has 108 valence electrons. The van der Waals surface area contributed by atoms with E-state index in [0.717, 1.165) is 26.5 Å². The Bertz CT molecular complexity index is 850. The minimum Gasteiger partial charge on any atom is -0.311 e. The van der Waals surface area contributed by atoms with Crippen LogP contribution in [-0.2, 0) is 11.8 Å². The van der Waals surface area contributed by atoms with Crippen LogP contribution in [-0.4, -0.2) is 15.7 Å². The maximum atomic E-state index is 11.2. The van der Waals surface area contributed by atoms with Gasteiger partial charge in [0.2, 0.25) is 5.91 Å². The van der Waals surface area contributed by atoms with Crippen molar-refractivity contribution in [1.29, 1.82) is 0 Å². The van der Waals surface area contributed by atoms with Crippen LogP contribution in [0.15, 0.2) is 24.3 Å². The van der Waals surface area contributed by atoms with Crippen LogP contribution in [0.3, 0.4) is 0 Å². The van der Waals surface area contributed by atoms with Crippen LogP contribution in [0.1, 0.15) is 12.5 Å². The molecule has 0 saturated carbocycles. The molecule has 1 amide bonds. The predicted molar refractivity (Wildman–Crippen MR) is 88.1 cm³/mol. The highest BCUT2D eigenvalue weighted by molar-refractivity contribution is 7.22. The molecule has 0 radical (unpaired) electrons. The van der Waals surface area contributed by atoms with Gasteiger partial charge in [0.15, 0.2) is 0 Å². The standard InChI is InChI=1S/C15H14ClN3OS/c1-8-11-6-10(16)4-5-13(11)21-15(8)12-7-14(17-9(2)20)19(3)18-12/h4-7H,1-3H3,(H,17,20). The van der Waals surface area contributed by atoms with Crippen molar-refractivity contribution >= 4 is 44.7 Å². The van der Waals surface area contributed by atoms with Crippen molar-refractivity contribution in [3.63, 3.8) is 0 Å². The summed E-state index contributed by atoms with van der Waals surface area (Å²) in [5.74, 6) is 0.580. The molecule has 6 heteroatoms. The molecule has 0 fully saturated rings. The van der Waals surface area contributed by atoms with Gasteiger partial charge >= 0.3 is 0 Å². The van der Waals surface area contributed by atoms with E-state index in [1.54, 1.807) is 16.0 Å². The molecule has 1 aromatic carbocycles. The summed E-state index contributed by atoms with van der Waals surface area (Å²) in [6.45, 7) is 3.55. The molecule has 4 nitrogen and oxygen atoms in total. The number of benzene rings is 1. The minimum absolute atomic E-state index is 0.107. The highest BCUT2D eigenvalue weighted by atomic mass is 35.5. The number of rotatable bonds is 2. The van der Waals surface area contributed by atoms with Gasteiger partial charge in [0.25, 0.3) is 0 Å². The molecule has 0 unspecified atom stereocenters. The van der Waals surface area contributed by atoms with E-state index in [0.29, 0.717) is 5.82 Å². The Hall–Kier alpha value is -1.85. The number of aryl methyl sites for hydroxylation is 2. The first-order valence-corrected chi connectivity index (χ1v) is 7.66. The first-order valence-electron chi connectivity index (χ1n) is 6.46. The van der Waals surface area contributed by atoms with Gasteiger partial charge < -0.3 is 5.32 Å². The van der Waals surface area contributed by atoms with Crippen molar-refractivity contribution in [3.8, 4) is 10.6 Å². The number of nitrogens with zero attached hydrogens (tertiary/aromatic N) is 2. The van der Waals surface area contributed by atoms with E-state index in [4.69, 9.17) is 11.6 Å². The zero-order valence-electron chi connectivity index (χ0n) is 11.9. The van der Waals surface area contributed by atoms with Gasteiger partial charge in [-0.05, 0) is 36.1 Å². The Labute approximate surface area is 131 Å². The van der Waals surface area contributed by atoms with Crippen LogP contribution in [0.5, 0.6) is 0 Å². The molecule has 0 aliphatic rings. The molecule has 0 bridgehead atoms. The third-order valence-corrected chi connectivity index (χ3v) is 4.85. The highest BCUT2D eigenvalue weighted by Gasteiger charge is 2.15. The molecule has 0 spiro atoms.